The summed E-state index contributed by atoms with van der Waals surface area (Å²) in [5, 5.41) is 3.34. The summed E-state index contributed by atoms with van der Waals surface area (Å²) in [6.45, 7) is 0.341. The Hall–Kier alpha value is -3.36. The van der Waals surface area contributed by atoms with Crippen LogP contribution in [0.25, 0.3) is 11.0 Å². The van der Waals surface area contributed by atoms with Gasteiger partial charge in [-0.15, -0.1) is 0 Å². The van der Waals surface area contributed by atoms with Crippen molar-refractivity contribution in [2.75, 3.05) is 16.2 Å². The van der Waals surface area contributed by atoms with Crippen molar-refractivity contribution in [2.24, 2.45) is 7.05 Å². The Bertz CT molecular complexity index is 1460. The topological polar surface area (TPSA) is 84.3 Å². The second kappa shape index (κ2) is 7.65. The first-order chi connectivity index (χ1) is 15.3. The van der Waals surface area contributed by atoms with Crippen LogP contribution >= 0.6 is 11.6 Å². The molecular formula is C23H19ClN4O3S. The van der Waals surface area contributed by atoms with E-state index in [0.717, 1.165) is 16.6 Å². The molecule has 1 amide bonds. The number of hydrogen-bond acceptors (Lipinski definition) is 4. The van der Waals surface area contributed by atoms with Gasteiger partial charge < -0.3 is 9.88 Å². The standard InChI is InChI=1S/C23H19ClN4O3S/c1-27-14-25-20-12-16(3-9-21(20)27)23(29)26-18-6-2-15-10-11-28(22(15)13-18)32(30,31)19-7-4-17(24)5-8-19/h2-9,12-14H,10-11H2,1H3,(H,26,29). The summed E-state index contributed by atoms with van der Waals surface area (Å²) < 4.78 is 29.6. The van der Waals surface area contributed by atoms with Crippen LogP contribution in [0.4, 0.5) is 11.4 Å². The Kier molecular flexibility index (Phi) is 4.91. The Balaban J connectivity index is 1.43. The Morgan fingerprint density at radius 2 is 1.84 bits per heavy atom. The average Bonchev–Trinajstić information content (AvgIpc) is 3.37. The molecule has 1 N–H and O–H groups in total. The van der Waals surface area contributed by atoms with Gasteiger partial charge in [-0.25, -0.2) is 13.4 Å². The average molecular weight is 467 g/mol. The largest absolute Gasteiger partial charge is 0.334 e. The number of rotatable bonds is 4. The number of halogens is 1. The van der Waals surface area contributed by atoms with Crippen LogP contribution in [0.3, 0.4) is 0 Å². The minimum Gasteiger partial charge on any atom is -0.334 e. The van der Waals surface area contributed by atoms with Gasteiger partial charge in [0, 0.05) is 29.9 Å². The highest BCUT2D eigenvalue weighted by atomic mass is 35.5. The molecule has 0 fully saturated rings. The molecule has 1 aliphatic heterocycles. The molecule has 0 aliphatic carbocycles. The molecule has 2 heterocycles. The minimum absolute atomic E-state index is 0.174. The summed E-state index contributed by atoms with van der Waals surface area (Å²) >= 11 is 5.90. The molecule has 32 heavy (non-hydrogen) atoms. The van der Waals surface area contributed by atoms with Gasteiger partial charge in [-0.05, 0) is 66.6 Å². The molecule has 162 valence electrons. The predicted molar refractivity (Wildman–Crippen MR) is 125 cm³/mol. The van der Waals surface area contributed by atoms with Crippen molar-refractivity contribution in [2.45, 2.75) is 11.3 Å². The Morgan fingerprint density at radius 1 is 1.06 bits per heavy atom. The molecule has 0 radical (unpaired) electrons. The number of nitrogens with one attached hydrogen (secondary N) is 1. The number of fused-ring (bicyclic) bond motifs is 2. The van der Waals surface area contributed by atoms with Crippen molar-refractivity contribution in [1.82, 2.24) is 9.55 Å². The van der Waals surface area contributed by atoms with E-state index >= 15 is 0 Å². The van der Waals surface area contributed by atoms with Crippen LogP contribution in [0.1, 0.15) is 15.9 Å². The number of sulfonamides is 1. The monoisotopic (exact) mass is 466 g/mol. The molecule has 1 aromatic heterocycles. The van der Waals surface area contributed by atoms with Crippen molar-refractivity contribution in [3.8, 4) is 0 Å². The van der Waals surface area contributed by atoms with E-state index in [0.29, 0.717) is 34.9 Å². The summed E-state index contributed by atoms with van der Waals surface area (Å²) in [4.78, 5) is 17.3. The van der Waals surface area contributed by atoms with Gasteiger partial charge >= 0.3 is 0 Å². The minimum atomic E-state index is -3.74. The van der Waals surface area contributed by atoms with Crippen LogP contribution in [-0.2, 0) is 23.5 Å². The maximum Gasteiger partial charge on any atom is 0.264 e. The summed E-state index contributed by atoms with van der Waals surface area (Å²) in [6.07, 6.45) is 2.30. The van der Waals surface area contributed by atoms with E-state index in [9.17, 15) is 13.2 Å². The molecule has 0 bridgehead atoms. The molecule has 7 nitrogen and oxygen atoms in total. The molecule has 3 aromatic carbocycles. The molecule has 9 heteroatoms. The van der Waals surface area contributed by atoms with Gasteiger partial charge in [0.1, 0.15) is 0 Å². The third-order valence-corrected chi connectivity index (χ3v) is 7.66. The normalized spacial score (nSPS) is 13.4. The molecule has 4 aromatic rings. The predicted octanol–water partition coefficient (Wildman–Crippen LogP) is 4.23. The number of imidazole rings is 1. The summed E-state index contributed by atoms with van der Waals surface area (Å²) in [7, 11) is -1.84. The van der Waals surface area contributed by atoms with Gasteiger partial charge in [-0.3, -0.25) is 9.10 Å². The van der Waals surface area contributed by atoms with Crippen LogP contribution in [0.5, 0.6) is 0 Å². The first-order valence-electron chi connectivity index (χ1n) is 9.96. The van der Waals surface area contributed by atoms with E-state index in [4.69, 9.17) is 11.6 Å². The second-order valence-electron chi connectivity index (χ2n) is 7.64. The molecule has 0 atom stereocenters. The summed E-state index contributed by atoms with van der Waals surface area (Å²) in [5.74, 6) is -0.289. The van der Waals surface area contributed by atoms with Gasteiger partial charge in [0.05, 0.1) is 27.9 Å². The van der Waals surface area contributed by atoms with Gasteiger partial charge in [-0.2, -0.15) is 0 Å². The van der Waals surface area contributed by atoms with Crippen LogP contribution < -0.4 is 9.62 Å². The van der Waals surface area contributed by atoms with Crippen molar-refractivity contribution in [3.63, 3.8) is 0 Å². The van der Waals surface area contributed by atoms with Crippen LogP contribution in [-0.4, -0.2) is 30.4 Å². The molecule has 0 unspecified atom stereocenters. The number of anilines is 2. The molecule has 0 spiro atoms. The zero-order valence-electron chi connectivity index (χ0n) is 17.1. The Labute approximate surface area is 190 Å². The van der Waals surface area contributed by atoms with Crippen molar-refractivity contribution >= 4 is 49.9 Å². The van der Waals surface area contributed by atoms with Crippen molar-refractivity contribution < 1.29 is 13.2 Å². The SMILES string of the molecule is Cn1cnc2cc(C(=O)Nc3ccc4c(c3)N(S(=O)(=O)c3ccc(Cl)cc3)CC4)ccc21. The van der Waals surface area contributed by atoms with Gasteiger partial charge in [0.15, 0.2) is 0 Å². The van der Waals surface area contributed by atoms with E-state index in [-0.39, 0.29) is 10.8 Å². The lowest BCUT2D eigenvalue weighted by atomic mass is 10.1. The molecule has 0 saturated heterocycles. The van der Waals surface area contributed by atoms with Crippen LogP contribution in [0.15, 0.2) is 71.9 Å². The van der Waals surface area contributed by atoms with Crippen molar-refractivity contribution in [1.29, 1.82) is 0 Å². The number of aromatic nitrogens is 2. The zero-order chi connectivity index (χ0) is 22.5. The lowest BCUT2D eigenvalue weighted by Crippen LogP contribution is -2.29. The van der Waals surface area contributed by atoms with Gasteiger partial charge in [0.25, 0.3) is 15.9 Å². The Morgan fingerprint density at radius 3 is 2.62 bits per heavy atom. The summed E-state index contributed by atoms with van der Waals surface area (Å²) in [6, 6.07) is 16.8. The first kappa shape index (κ1) is 20.5. The molecular weight excluding hydrogens is 448 g/mol. The third-order valence-electron chi connectivity index (χ3n) is 5.59. The van der Waals surface area contributed by atoms with Gasteiger partial charge in [-0.1, -0.05) is 17.7 Å². The lowest BCUT2D eigenvalue weighted by molar-refractivity contribution is 0.102. The quantitative estimate of drug-likeness (QED) is 0.487. The fourth-order valence-electron chi connectivity index (χ4n) is 3.89. The number of carbonyl (C=O) groups excluding carboxylic acids is 1. The van der Waals surface area contributed by atoms with Crippen molar-refractivity contribution in [3.05, 3.63) is 83.1 Å². The first-order valence-corrected chi connectivity index (χ1v) is 11.8. The molecule has 5 rings (SSSR count). The highest BCUT2D eigenvalue weighted by Gasteiger charge is 2.31. The van der Waals surface area contributed by atoms with E-state index in [1.165, 1.54) is 16.4 Å². The van der Waals surface area contributed by atoms with E-state index in [2.05, 4.69) is 10.3 Å². The maximum absolute atomic E-state index is 13.2. The summed E-state index contributed by atoms with van der Waals surface area (Å²) in [5.41, 5.74) is 4.14. The van der Waals surface area contributed by atoms with E-state index < -0.39 is 10.0 Å². The van der Waals surface area contributed by atoms with E-state index in [1.807, 2.05) is 23.7 Å². The van der Waals surface area contributed by atoms with E-state index in [1.54, 1.807) is 42.7 Å². The van der Waals surface area contributed by atoms with Crippen LogP contribution in [0, 0.1) is 0 Å². The second-order valence-corrected chi connectivity index (χ2v) is 9.94. The highest BCUT2D eigenvalue weighted by molar-refractivity contribution is 7.92. The smallest absolute Gasteiger partial charge is 0.264 e. The third kappa shape index (κ3) is 3.51. The number of amides is 1. The molecule has 0 saturated carbocycles. The number of benzene rings is 3. The number of aryl methyl sites for hydroxylation is 1. The highest BCUT2D eigenvalue weighted by Crippen LogP contribution is 2.35. The maximum atomic E-state index is 13.2. The van der Waals surface area contributed by atoms with Gasteiger partial charge in [0.2, 0.25) is 0 Å². The zero-order valence-corrected chi connectivity index (χ0v) is 18.7. The molecule has 1 aliphatic rings. The fourth-order valence-corrected chi connectivity index (χ4v) is 5.51. The van der Waals surface area contributed by atoms with Crippen LogP contribution in [0.2, 0.25) is 5.02 Å². The fraction of sp³-hybridized carbons (Fsp3) is 0.130. The number of nitrogens with zero attached hydrogens (tertiary/aromatic N) is 3. The number of hydrogen-bond donors (Lipinski definition) is 1. The lowest BCUT2D eigenvalue weighted by Gasteiger charge is -2.20. The number of carbonyl (C=O) groups is 1.